The summed E-state index contributed by atoms with van der Waals surface area (Å²) in [5.74, 6) is 4.03. The molecule has 0 aromatic heterocycles. The van der Waals surface area contributed by atoms with Crippen LogP contribution in [0.1, 0.15) is 5.56 Å². The van der Waals surface area contributed by atoms with Crippen molar-refractivity contribution >= 4 is 11.7 Å². The molecule has 2 N–H and O–H groups in total. The second kappa shape index (κ2) is 7.63. The Morgan fingerprint density at radius 1 is 1.45 bits per heavy atom. The predicted octanol–water partition coefficient (Wildman–Crippen LogP) is 1.35. The van der Waals surface area contributed by atoms with Crippen LogP contribution in [0, 0.1) is 18.4 Å². The Bertz CT molecular complexity index is 601. The fourth-order valence-electron chi connectivity index (χ4n) is 1.41. The molecule has 1 aromatic rings. The molecule has 0 saturated heterocycles. The summed E-state index contributed by atoms with van der Waals surface area (Å²) in [6.45, 7) is 7.29. The summed E-state index contributed by atoms with van der Waals surface area (Å²) in [7, 11) is 1.87. The van der Waals surface area contributed by atoms with Gasteiger partial charge in [-0.25, -0.2) is 4.85 Å². The van der Waals surface area contributed by atoms with Crippen molar-refractivity contribution in [3.05, 3.63) is 53.0 Å². The fourth-order valence-corrected chi connectivity index (χ4v) is 1.41. The fraction of sp³-hybridized carbons (Fsp3) is 0.200. The summed E-state index contributed by atoms with van der Waals surface area (Å²) in [6.07, 6.45) is 1.08. The molecule has 102 valence electrons. The van der Waals surface area contributed by atoms with Gasteiger partial charge in [-0.3, -0.25) is 4.79 Å². The van der Waals surface area contributed by atoms with Gasteiger partial charge in [-0.05, 0) is 24.3 Å². The second-order valence-corrected chi connectivity index (χ2v) is 3.91. The van der Waals surface area contributed by atoms with Crippen molar-refractivity contribution in [2.75, 3.05) is 25.1 Å². The van der Waals surface area contributed by atoms with Gasteiger partial charge < -0.3 is 15.1 Å². The average molecular weight is 270 g/mol. The molecule has 0 radical (unpaired) electrons. The van der Waals surface area contributed by atoms with E-state index >= 15 is 0 Å². The molecule has 0 heterocycles. The van der Waals surface area contributed by atoms with Crippen molar-refractivity contribution < 1.29 is 15.0 Å². The summed E-state index contributed by atoms with van der Waals surface area (Å²) >= 11 is 0. The average Bonchev–Trinajstić information content (AvgIpc) is 2.44. The number of hydrogen-bond acceptors (Lipinski definition) is 3. The first-order chi connectivity index (χ1) is 9.58. The third-order valence-electron chi connectivity index (χ3n) is 2.51. The maximum atomic E-state index is 10.6. The van der Waals surface area contributed by atoms with Crippen molar-refractivity contribution in [3.8, 4) is 11.8 Å². The van der Waals surface area contributed by atoms with Crippen LogP contribution >= 0.6 is 0 Å². The Balaban J connectivity index is 2.82. The number of carboxylic acid groups (broad SMARTS) is 1. The van der Waals surface area contributed by atoms with Crippen LogP contribution < -0.4 is 4.90 Å². The lowest BCUT2D eigenvalue weighted by molar-refractivity contribution is -0.132. The quantitative estimate of drug-likeness (QED) is 0.492. The highest BCUT2D eigenvalue weighted by Crippen LogP contribution is 2.12. The van der Waals surface area contributed by atoms with E-state index in [0.717, 1.165) is 17.3 Å². The number of aliphatic carboxylic acids is 1. The minimum Gasteiger partial charge on any atom is -0.486 e. The molecule has 0 amide bonds. The molecule has 0 aliphatic heterocycles. The van der Waals surface area contributed by atoms with Gasteiger partial charge >= 0.3 is 5.97 Å². The summed E-state index contributed by atoms with van der Waals surface area (Å²) in [5.41, 5.74) is 1.27. The smallest absolute Gasteiger partial charge is 0.334 e. The summed E-state index contributed by atoms with van der Waals surface area (Å²) in [6, 6.07) is 7.30. The first kappa shape index (κ1) is 15.3. The second-order valence-electron chi connectivity index (χ2n) is 3.91. The molecule has 5 nitrogen and oxygen atoms in total. The van der Waals surface area contributed by atoms with Crippen LogP contribution in [0.5, 0.6) is 0 Å². The third kappa shape index (κ3) is 4.49. The zero-order valence-corrected chi connectivity index (χ0v) is 11.0. The van der Waals surface area contributed by atoms with Crippen LogP contribution in [-0.4, -0.2) is 36.4 Å². The molecule has 0 aliphatic carbocycles. The van der Waals surface area contributed by atoms with E-state index in [0.29, 0.717) is 6.54 Å². The normalized spacial score (nSPS) is 10.2. The van der Waals surface area contributed by atoms with Crippen LogP contribution in [0.15, 0.2) is 36.0 Å². The van der Waals surface area contributed by atoms with E-state index < -0.39 is 11.7 Å². The number of anilines is 1. The Morgan fingerprint density at radius 3 is 2.60 bits per heavy atom. The van der Waals surface area contributed by atoms with Gasteiger partial charge in [0, 0.05) is 30.9 Å². The first-order valence-electron chi connectivity index (χ1n) is 5.83. The molecule has 0 bridgehead atoms. The number of carbonyl (C=O) groups is 1. The van der Waals surface area contributed by atoms with Crippen molar-refractivity contribution in [1.29, 1.82) is 0 Å². The van der Waals surface area contributed by atoms with Gasteiger partial charge in [-0.2, -0.15) is 0 Å². The monoisotopic (exact) mass is 270 g/mol. The number of allylic oxidation sites excluding steroid dienone is 1. The van der Waals surface area contributed by atoms with Crippen LogP contribution in [0.25, 0.3) is 4.85 Å². The SMILES string of the molecule is [C-]#[N+]/C(=C\C#Cc1ccc(N(C)CCO)cc1)C(=O)O. The molecule has 0 aliphatic rings. The zero-order chi connectivity index (χ0) is 15.0. The molecule has 1 aromatic carbocycles. The lowest BCUT2D eigenvalue weighted by Crippen LogP contribution is -2.20. The minimum absolute atomic E-state index is 0.0808. The highest BCUT2D eigenvalue weighted by atomic mass is 16.4. The van der Waals surface area contributed by atoms with E-state index in [1.807, 2.05) is 24.1 Å². The zero-order valence-electron chi connectivity index (χ0n) is 11.0. The van der Waals surface area contributed by atoms with Gasteiger partial charge in [0.15, 0.2) is 0 Å². The van der Waals surface area contributed by atoms with Crippen molar-refractivity contribution in [1.82, 2.24) is 0 Å². The van der Waals surface area contributed by atoms with Crippen molar-refractivity contribution in [2.24, 2.45) is 0 Å². The largest absolute Gasteiger partial charge is 0.486 e. The molecule has 5 heteroatoms. The molecule has 0 fully saturated rings. The number of aliphatic hydroxyl groups excluding tert-OH is 1. The molecule has 0 spiro atoms. The lowest BCUT2D eigenvalue weighted by Gasteiger charge is -2.17. The van der Waals surface area contributed by atoms with Gasteiger partial charge in [-0.15, -0.1) is 0 Å². The van der Waals surface area contributed by atoms with E-state index in [1.54, 1.807) is 12.1 Å². The maximum Gasteiger partial charge on any atom is 0.334 e. The van der Waals surface area contributed by atoms with Crippen molar-refractivity contribution in [3.63, 3.8) is 0 Å². The van der Waals surface area contributed by atoms with Crippen molar-refractivity contribution in [2.45, 2.75) is 0 Å². The number of carboxylic acids is 1. The third-order valence-corrected chi connectivity index (χ3v) is 2.51. The van der Waals surface area contributed by atoms with Gasteiger partial charge in [0.05, 0.1) is 13.2 Å². The predicted molar refractivity (Wildman–Crippen MR) is 76.0 cm³/mol. The molecule has 0 unspecified atom stereocenters. The summed E-state index contributed by atoms with van der Waals surface area (Å²) in [4.78, 5) is 15.3. The van der Waals surface area contributed by atoms with E-state index in [9.17, 15) is 4.79 Å². The number of aliphatic hydroxyl groups is 1. The molecular weight excluding hydrogens is 256 g/mol. The minimum atomic E-state index is -1.28. The van der Waals surface area contributed by atoms with Gasteiger partial charge in [0.2, 0.25) is 0 Å². The van der Waals surface area contributed by atoms with E-state index in [-0.39, 0.29) is 6.61 Å². The standard InChI is InChI=1S/C15H14N2O3/c1-16-14(15(19)20)5-3-4-12-6-8-13(9-7-12)17(2)10-11-18/h5-9,18H,10-11H2,2H3,(H,19,20)/b14-5-. The van der Waals surface area contributed by atoms with Crippen LogP contribution in [-0.2, 0) is 4.79 Å². The highest BCUT2D eigenvalue weighted by Gasteiger charge is 2.03. The Kier molecular flexibility index (Phi) is 5.83. The van der Waals surface area contributed by atoms with Gasteiger partial charge in [-0.1, -0.05) is 11.8 Å². The number of nitrogens with zero attached hydrogens (tertiary/aromatic N) is 2. The Labute approximate surface area is 117 Å². The number of rotatable bonds is 4. The van der Waals surface area contributed by atoms with E-state index in [1.165, 1.54) is 0 Å². The van der Waals surface area contributed by atoms with Crippen LogP contribution in [0.3, 0.4) is 0 Å². The van der Waals surface area contributed by atoms with E-state index in [4.69, 9.17) is 16.8 Å². The number of likely N-dealkylation sites (N-methyl/N-ethyl adjacent to an activating group) is 1. The number of benzene rings is 1. The molecule has 0 saturated carbocycles. The molecular formula is C15H14N2O3. The van der Waals surface area contributed by atoms with Gasteiger partial charge in [0.25, 0.3) is 5.70 Å². The summed E-state index contributed by atoms with van der Waals surface area (Å²) in [5, 5.41) is 17.5. The molecule has 20 heavy (non-hydrogen) atoms. The maximum absolute atomic E-state index is 10.6. The molecule has 0 atom stereocenters. The summed E-state index contributed by atoms with van der Waals surface area (Å²) < 4.78 is 0. The van der Waals surface area contributed by atoms with Gasteiger partial charge in [0.1, 0.15) is 0 Å². The topological polar surface area (TPSA) is 65.1 Å². The highest BCUT2D eigenvalue weighted by molar-refractivity contribution is 5.89. The van der Waals surface area contributed by atoms with Crippen LogP contribution in [0.2, 0.25) is 0 Å². The van der Waals surface area contributed by atoms with E-state index in [2.05, 4.69) is 16.7 Å². The lowest BCUT2D eigenvalue weighted by atomic mass is 10.2. The first-order valence-corrected chi connectivity index (χ1v) is 5.83. The van der Waals surface area contributed by atoms with Crippen LogP contribution in [0.4, 0.5) is 5.69 Å². The Hall–Kier alpha value is -2.76. The molecule has 1 rings (SSSR count). The number of hydrogen-bond donors (Lipinski definition) is 2. The Morgan fingerprint density at radius 2 is 2.10 bits per heavy atom.